The minimum Gasteiger partial charge on any atom is -0.247 e. The van der Waals surface area contributed by atoms with Crippen LogP contribution in [0.3, 0.4) is 0 Å². The third kappa shape index (κ3) is 6.14. The van der Waals surface area contributed by atoms with E-state index in [1.807, 2.05) is 0 Å². The molecule has 0 aliphatic rings. The van der Waals surface area contributed by atoms with Crippen LogP contribution in [-0.4, -0.2) is 11.7 Å². The van der Waals surface area contributed by atoms with Crippen LogP contribution in [0.15, 0.2) is 158 Å². The summed E-state index contributed by atoms with van der Waals surface area (Å²) in [5.41, 5.74) is 12.4. The lowest BCUT2D eigenvalue weighted by Gasteiger charge is -2.23. The van der Waals surface area contributed by atoms with Gasteiger partial charge in [-0.25, -0.2) is 4.98 Å². The fourth-order valence-electron chi connectivity index (χ4n) is 7.68. The Kier molecular flexibility index (Phi) is 8.15. The number of nitrogens with zero attached hydrogens (tertiary/aromatic N) is 1. The molecule has 248 valence electrons. The van der Waals surface area contributed by atoms with Gasteiger partial charge in [0.1, 0.15) is 0 Å². The lowest BCUT2D eigenvalue weighted by atomic mass is 9.36. The van der Waals surface area contributed by atoms with E-state index >= 15 is 0 Å². The molecule has 1 nitrogen and oxygen atoms in total. The molecule has 0 fully saturated rings. The summed E-state index contributed by atoms with van der Waals surface area (Å²) in [5, 5.41) is 6.11. The largest absolute Gasteiger partial charge is 0.247 e. The summed E-state index contributed by atoms with van der Waals surface area (Å²) in [6, 6.07) is 58.3. The van der Waals surface area contributed by atoms with Crippen molar-refractivity contribution in [1.29, 1.82) is 0 Å². The van der Waals surface area contributed by atoms with E-state index in [0.29, 0.717) is 0 Å². The van der Waals surface area contributed by atoms with Crippen LogP contribution in [-0.2, 0) is 10.8 Å². The fraction of sp³-hybridized carbons (Fsp3) is 0.163. The molecule has 0 radical (unpaired) electrons. The molecule has 0 atom stereocenters. The van der Waals surface area contributed by atoms with Gasteiger partial charge in [0.25, 0.3) is 0 Å². The Hall–Kier alpha value is -5.47. The highest BCUT2D eigenvalue weighted by Gasteiger charge is 2.25. The molecule has 8 rings (SSSR count). The van der Waals surface area contributed by atoms with Crippen molar-refractivity contribution in [1.82, 2.24) is 4.98 Å². The molecule has 1 heterocycles. The molecular formula is C49H44BN. The molecule has 0 saturated heterocycles. The Morgan fingerprint density at radius 2 is 0.941 bits per heavy atom. The maximum Gasteiger partial charge on any atom is 0.241 e. The molecule has 0 amide bonds. The molecule has 1 aromatic heterocycles. The van der Waals surface area contributed by atoms with Gasteiger partial charge < -0.3 is 0 Å². The Morgan fingerprint density at radius 1 is 0.412 bits per heavy atom. The van der Waals surface area contributed by atoms with E-state index < -0.39 is 0 Å². The van der Waals surface area contributed by atoms with Crippen LogP contribution in [0, 0.1) is 0 Å². The van der Waals surface area contributed by atoms with Gasteiger partial charge in [0, 0.05) is 21.7 Å². The topological polar surface area (TPSA) is 12.9 Å². The molecule has 7 aromatic carbocycles. The van der Waals surface area contributed by atoms with Crippen molar-refractivity contribution in [2.75, 3.05) is 0 Å². The first kappa shape index (κ1) is 32.7. The normalized spacial score (nSPS) is 12.1. The predicted molar refractivity (Wildman–Crippen MR) is 223 cm³/mol. The van der Waals surface area contributed by atoms with E-state index in [9.17, 15) is 0 Å². The quantitative estimate of drug-likeness (QED) is 0.133. The second-order valence-electron chi connectivity index (χ2n) is 16.0. The Balaban J connectivity index is 1.36. The third-order valence-electron chi connectivity index (χ3n) is 10.5. The maximum absolute atomic E-state index is 5.29. The Labute approximate surface area is 303 Å². The van der Waals surface area contributed by atoms with Crippen LogP contribution < -0.4 is 16.4 Å². The summed E-state index contributed by atoms with van der Waals surface area (Å²) in [4.78, 5) is 5.29. The molecular weight excluding hydrogens is 613 g/mol. The first-order valence-electron chi connectivity index (χ1n) is 18.2. The van der Waals surface area contributed by atoms with Gasteiger partial charge in [-0.1, -0.05) is 204 Å². The number of hydrogen-bond acceptors (Lipinski definition) is 1. The molecule has 51 heavy (non-hydrogen) atoms. The molecule has 0 aliphatic heterocycles. The van der Waals surface area contributed by atoms with Crippen molar-refractivity contribution in [3.05, 3.63) is 169 Å². The summed E-state index contributed by atoms with van der Waals surface area (Å²) in [6.07, 6.45) is 0. The highest BCUT2D eigenvalue weighted by molar-refractivity contribution is 6.95. The number of benzene rings is 7. The molecule has 0 unspecified atom stereocenters. The summed E-state index contributed by atoms with van der Waals surface area (Å²) >= 11 is 0. The molecule has 0 aliphatic carbocycles. The summed E-state index contributed by atoms with van der Waals surface area (Å²) in [7, 11) is 0. The van der Waals surface area contributed by atoms with Gasteiger partial charge in [0.15, 0.2) is 0 Å². The molecule has 0 saturated carbocycles. The first-order chi connectivity index (χ1) is 24.6. The lowest BCUT2D eigenvalue weighted by molar-refractivity contribution is 0.590. The van der Waals surface area contributed by atoms with Gasteiger partial charge in [-0.2, -0.15) is 0 Å². The molecule has 8 aromatic rings. The smallest absolute Gasteiger partial charge is 0.241 e. The highest BCUT2D eigenvalue weighted by Crippen LogP contribution is 2.41. The molecule has 0 N–H and O–H groups in total. The van der Waals surface area contributed by atoms with Crippen molar-refractivity contribution in [3.63, 3.8) is 0 Å². The maximum atomic E-state index is 5.29. The van der Waals surface area contributed by atoms with Crippen molar-refractivity contribution >= 4 is 55.5 Å². The first-order valence-corrected chi connectivity index (χ1v) is 18.2. The van der Waals surface area contributed by atoms with E-state index in [2.05, 4.69) is 199 Å². The summed E-state index contributed by atoms with van der Waals surface area (Å²) < 4.78 is 0. The van der Waals surface area contributed by atoms with Crippen molar-refractivity contribution < 1.29 is 0 Å². The summed E-state index contributed by atoms with van der Waals surface area (Å²) in [6.45, 7) is 13.8. The van der Waals surface area contributed by atoms with Gasteiger partial charge in [-0.15, -0.1) is 0 Å². The average Bonchev–Trinajstić information content (AvgIpc) is 3.14. The van der Waals surface area contributed by atoms with Gasteiger partial charge in [0.05, 0.1) is 11.2 Å². The van der Waals surface area contributed by atoms with E-state index in [4.69, 9.17) is 4.98 Å². The van der Waals surface area contributed by atoms with Crippen molar-refractivity contribution in [2.45, 2.75) is 52.4 Å². The van der Waals surface area contributed by atoms with Gasteiger partial charge in [-0.3, -0.25) is 0 Å². The Bertz CT molecular complexity index is 2460. The van der Waals surface area contributed by atoms with E-state index in [1.54, 1.807) is 0 Å². The van der Waals surface area contributed by atoms with E-state index in [0.717, 1.165) is 16.8 Å². The average molecular weight is 658 g/mol. The Morgan fingerprint density at radius 3 is 1.55 bits per heavy atom. The number of aromatic nitrogens is 1. The lowest BCUT2D eigenvalue weighted by Crippen LogP contribution is -2.52. The monoisotopic (exact) mass is 657 g/mol. The van der Waals surface area contributed by atoms with E-state index in [1.165, 1.54) is 65.6 Å². The van der Waals surface area contributed by atoms with Crippen LogP contribution in [0.25, 0.3) is 54.8 Å². The number of hydrogen-bond donors (Lipinski definition) is 0. The number of fused-ring (bicyclic) bond motifs is 5. The standard InChI is InChI=1S/C49H44BN/c1-48(2,3)35-23-27-37(28-24-35)50(38-29-25-36(26-30-38)49(4,5)6)39-18-14-17-34(31-39)43-32-44-46(41-20-11-10-19-40(41)43)42-21-12-13-22-45(42)51-47(44)33-15-8-7-9-16-33/h7-32H,1-6H3. The minimum atomic E-state index is 0.0881. The fourth-order valence-corrected chi connectivity index (χ4v) is 7.68. The van der Waals surface area contributed by atoms with Crippen molar-refractivity contribution in [2.24, 2.45) is 0 Å². The van der Waals surface area contributed by atoms with Gasteiger partial charge in [-0.05, 0) is 56.0 Å². The zero-order chi connectivity index (χ0) is 35.3. The third-order valence-corrected chi connectivity index (χ3v) is 10.5. The minimum absolute atomic E-state index is 0.0881. The van der Waals surface area contributed by atoms with E-state index in [-0.39, 0.29) is 17.5 Å². The molecule has 0 bridgehead atoms. The zero-order valence-corrected chi connectivity index (χ0v) is 30.5. The second-order valence-corrected chi connectivity index (χ2v) is 16.0. The van der Waals surface area contributed by atoms with Crippen LogP contribution in [0.5, 0.6) is 0 Å². The van der Waals surface area contributed by atoms with Crippen molar-refractivity contribution in [3.8, 4) is 22.4 Å². The SMILES string of the molecule is CC(C)(C)c1ccc(B(c2ccc(C(C)(C)C)cc2)c2cccc(-c3cc4c(-c5ccccc5)nc5ccccc5c4c4ccccc34)c2)cc1. The summed E-state index contributed by atoms with van der Waals surface area (Å²) in [5.74, 6) is 0. The number of rotatable bonds is 5. The van der Waals surface area contributed by atoms with Gasteiger partial charge in [0.2, 0.25) is 6.71 Å². The second kappa shape index (κ2) is 12.7. The van der Waals surface area contributed by atoms with Crippen LogP contribution >= 0.6 is 0 Å². The molecule has 0 spiro atoms. The molecule has 2 heteroatoms. The van der Waals surface area contributed by atoms with Crippen LogP contribution in [0.4, 0.5) is 0 Å². The van der Waals surface area contributed by atoms with Crippen LogP contribution in [0.2, 0.25) is 0 Å². The zero-order valence-electron chi connectivity index (χ0n) is 30.5. The predicted octanol–water partition coefficient (Wildman–Crippen LogP) is 11.0. The number of pyridine rings is 1. The highest BCUT2D eigenvalue weighted by atomic mass is 14.7. The van der Waals surface area contributed by atoms with Crippen LogP contribution in [0.1, 0.15) is 52.7 Å². The number of para-hydroxylation sites is 1. The van der Waals surface area contributed by atoms with Gasteiger partial charge >= 0.3 is 0 Å².